The molecule has 0 unspecified atom stereocenters. The van der Waals surface area contributed by atoms with Gasteiger partial charge in [-0.3, -0.25) is 0 Å². The van der Waals surface area contributed by atoms with Gasteiger partial charge in [-0.05, 0) is 22.0 Å². The van der Waals surface area contributed by atoms with Crippen molar-refractivity contribution in [3.05, 3.63) is 22.3 Å². The van der Waals surface area contributed by atoms with Crippen LogP contribution in [0, 0.1) is 5.41 Å². The van der Waals surface area contributed by atoms with Crippen LogP contribution < -0.4 is 5.32 Å². The first kappa shape index (κ1) is 14.9. The quantitative estimate of drug-likeness (QED) is 0.814. The molecule has 0 radical (unpaired) electrons. The van der Waals surface area contributed by atoms with Crippen molar-refractivity contribution in [1.82, 2.24) is 4.98 Å². The number of carbonyl (C=O) groups is 1. The highest BCUT2D eigenvalue weighted by Gasteiger charge is 2.19. The molecule has 18 heavy (non-hydrogen) atoms. The second-order valence-electron chi connectivity index (χ2n) is 4.72. The van der Waals surface area contributed by atoms with Gasteiger partial charge in [0.25, 0.3) is 0 Å². The van der Waals surface area contributed by atoms with Crippen LogP contribution in [0.4, 0.5) is 5.82 Å². The third kappa shape index (κ3) is 3.96. The van der Waals surface area contributed by atoms with Crippen molar-refractivity contribution in [3.63, 3.8) is 0 Å². The van der Waals surface area contributed by atoms with E-state index in [-0.39, 0.29) is 12.0 Å². The Morgan fingerprint density at radius 3 is 2.83 bits per heavy atom. The number of aliphatic hydroxyl groups is 1. The van der Waals surface area contributed by atoms with Gasteiger partial charge >= 0.3 is 5.97 Å². The van der Waals surface area contributed by atoms with Gasteiger partial charge in [0.15, 0.2) is 0 Å². The lowest BCUT2D eigenvalue weighted by atomic mass is 9.95. The number of ether oxygens (including phenoxy) is 1. The zero-order chi connectivity index (χ0) is 13.8. The molecule has 1 aromatic heterocycles. The van der Waals surface area contributed by atoms with E-state index in [2.05, 4.69) is 26.2 Å². The molecule has 100 valence electrons. The summed E-state index contributed by atoms with van der Waals surface area (Å²) in [6.45, 7) is 4.37. The van der Waals surface area contributed by atoms with Gasteiger partial charge in [-0.2, -0.15) is 0 Å². The predicted molar refractivity (Wildman–Crippen MR) is 72.6 cm³/mol. The summed E-state index contributed by atoms with van der Waals surface area (Å²) in [7, 11) is 1.32. The molecule has 0 aromatic carbocycles. The molecule has 1 aromatic rings. The number of nitrogens with zero attached hydrogens (tertiary/aromatic N) is 1. The summed E-state index contributed by atoms with van der Waals surface area (Å²) in [6, 6.07) is 1.65. The van der Waals surface area contributed by atoms with Crippen LogP contribution in [0.25, 0.3) is 0 Å². The molecule has 0 bridgehead atoms. The SMILES string of the molecule is COC(=O)c1cc(Br)cnc1NCC(C)(C)CO. The summed E-state index contributed by atoms with van der Waals surface area (Å²) in [6.07, 6.45) is 1.60. The summed E-state index contributed by atoms with van der Waals surface area (Å²) in [4.78, 5) is 15.8. The monoisotopic (exact) mass is 316 g/mol. The first-order valence-corrected chi connectivity index (χ1v) is 6.27. The van der Waals surface area contributed by atoms with E-state index in [1.807, 2.05) is 13.8 Å². The molecular weight excluding hydrogens is 300 g/mol. The number of hydrogen-bond acceptors (Lipinski definition) is 5. The summed E-state index contributed by atoms with van der Waals surface area (Å²) in [5.41, 5.74) is 0.0721. The number of hydrogen-bond donors (Lipinski definition) is 2. The molecule has 0 spiro atoms. The summed E-state index contributed by atoms with van der Waals surface area (Å²) in [5, 5.41) is 12.2. The highest BCUT2D eigenvalue weighted by Crippen LogP contribution is 2.21. The normalized spacial score (nSPS) is 11.2. The summed E-state index contributed by atoms with van der Waals surface area (Å²) >= 11 is 3.26. The molecule has 0 fully saturated rings. The number of aliphatic hydroxyl groups excluding tert-OH is 1. The predicted octanol–water partition coefficient (Wildman–Crippen LogP) is 2.06. The van der Waals surface area contributed by atoms with Crippen LogP contribution in [-0.2, 0) is 4.74 Å². The van der Waals surface area contributed by atoms with Crippen molar-refractivity contribution >= 4 is 27.7 Å². The molecule has 6 heteroatoms. The average Bonchev–Trinajstić information content (AvgIpc) is 2.36. The van der Waals surface area contributed by atoms with E-state index in [0.717, 1.165) is 0 Å². The fourth-order valence-corrected chi connectivity index (χ4v) is 1.56. The average molecular weight is 317 g/mol. The van der Waals surface area contributed by atoms with E-state index in [1.54, 1.807) is 12.3 Å². The maximum absolute atomic E-state index is 11.6. The van der Waals surface area contributed by atoms with Crippen molar-refractivity contribution in [3.8, 4) is 0 Å². The van der Waals surface area contributed by atoms with Crippen LogP contribution in [0.1, 0.15) is 24.2 Å². The summed E-state index contributed by atoms with van der Waals surface area (Å²) in [5.74, 6) is -0.000297. The molecule has 2 N–H and O–H groups in total. The van der Waals surface area contributed by atoms with Gasteiger partial charge in [0.1, 0.15) is 11.4 Å². The van der Waals surface area contributed by atoms with Crippen LogP contribution in [-0.4, -0.2) is 36.3 Å². The van der Waals surface area contributed by atoms with Crippen LogP contribution in [0.5, 0.6) is 0 Å². The minimum Gasteiger partial charge on any atom is -0.465 e. The number of methoxy groups -OCH3 is 1. The van der Waals surface area contributed by atoms with E-state index in [9.17, 15) is 9.90 Å². The minimum absolute atomic E-state index is 0.0457. The molecular formula is C12H17BrN2O3. The first-order valence-electron chi connectivity index (χ1n) is 5.48. The number of carbonyl (C=O) groups excluding carboxylic acids is 1. The van der Waals surface area contributed by atoms with E-state index in [0.29, 0.717) is 22.4 Å². The number of pyridine rings is 1. The number of halogens is 1. The van der Waals surface area contributed by atoms with Crippen LogP contribution in [0.15, 0.2) is 16.7 Å². The number of nitrogens with one attached hydrogen (secondary N) is 1. The van der Waals surface area contributed by atoms with Gasteiger partial charge in [0.05, 0.1) is 7.11 Å². The standard InChI is InChI=1S/C12H17BrN2O3/c1-12(2,7-16)6-15-10-9(11(17)18-3)4-8(13)5-14-10/h4-5,16H,6-7H2,1-3H3,(H,14,15). The molecule has 0 aliphatic carbocycles. The highest BCUT2D eigenvalue weighted by atomic mass is 79.9. The van der Waals surface area contributed by atoms with Crippen LogP contribution in [0.3, 0.4) is 0 Å². The number of anilines is 1. The molecule has 0 saturated carbocycles. The van der Waals surface area contributed by atoms with E-state index >= 15 is 0 Å². The molecule has 0 saturated heterocycles. The van der Waals surface area contributed by atoms with E-state index in [1.165, 1.54) is 7.11 Å². The topological polar surface area (TPSA) is 71.5 Å². The second kappa shape index (κ2) is 6.15. The fourth-order valence-electron chi connectivity index (χ4n) is 1.22. The van der Waals surface area contributed by atoms with E-state index < -0.39 is 5.97 Å². The molecule has 0 amide bonds. The van der Waals surface area contributed by atoms with Gasteiger partial charge < -0.3 is 15.2 Å². The molecule has 1 rings (SSSR count). The Morgan fingerprint density at radius 2 is 2.28 bits per heavy atom. The zero-order valence-corrected chi connectivity index (χ0v) is 12.2. The van der Waals surface area contributed by atoms with Gasteiger partial charge in [-0.25, -0.2) is 9.78 Å². The van der Waals surface area contributed by atoms with Crippen molar-refractivity contribution in [2.24, 2.45) is 5.41 Å². The van der Waals surface area contributed by atoms with Crippen molar-refractivity contribution in [1.29, 1.82) is 0 Å². The minimum atomic E-state index is -0.451. The molecule has 0 aliphatic heterocycles. The molecule has 5 nitrogen and oxygen atoms in total. The lowest BCUT2D eigenvalue weighted by Crippen LogP contribution is -2.27. The van der Waals surface area contributed by atoms with Crippen molar-refractivity contribution < 1.29 is 14.6 Å². The third-order valence-electron chi connectivity index (χ3n) is 2.42. The lowest BCUT2D eigenvalue weighted by Gasteiger charge is -2.22. The van der Waals surface area contributed by atoms with Gasteiger partial charge in [-0.1, -0.05) is 13.8 Å². The molecule has 0 aliphatic rings. The Morgan fingerprint density at radius 1 is 1.61 bits per heavy atom. The molecule has 1 heterocycles. The smallest absolute Gasteiger partial charge is 0.341 e. The second-order valence-corrected chi connectivity index (χ2v) is 5.63. The fraction of sp³-hybridized carbons (Fsp3) is 0.500. The first-order chi connectivity index (χ1) is 8.39. The number of esters is 1. The van der Waals surface area contributed by atoms with Gasteiger partial charge in [0.2, 0.25) is 0 Å². The largest absolute Gasteiger partial charge is 0.465 e. The number of rotatable bonds is 5. The van der Waals surface area contributed by atoms with Crippen molar-refractivity contribution in [2.75, 3.05) is 25.6 Å². The van der Waals surface area contributed by atoms with Gasteiger partial charge in [0, 0.05) is 29.2 Å². The van der Waals surface area contributed by atoms with Crippen LogP contribution in [0.2, 0.25) is 0 Å². The maximum Gasteiger partial charge on any atom is 0.341 e. The zero-order valence-electron chi connectivity index (χ0n) is 10.7. The summed E-state index contributed by atoms with van der Waals surface area (Å²) < 4.78 is 5.40. The Bertz CT molecular complexity index is 435. The van der Waals surface area contributed by atoms with E-state index in [4.69, 9.17) is 4.74 Å². The molecule has 0 atom stereocenters. The Kier molecular flexibility index (Phi) is 5.10. The van der Waals surface area contributed by atoms with Gasteiger partial charge in [-0.15, -0.1) is 0 Å². The van der Waals surface area contributed by atoms with Crippen LogP contribution >= 0.6 is 15.9 Å². The Hall–Kier alpha value is -1.14. The number of aromatic nitrogens is 1. The lowest BCUT2D eigenvalue weighted by molar-refractivity contribution is 0.0601. The van der Waals surface area contributed by atoms with Crippen molar-refractivity contribution in [2.45, 2.75) is 13.8 Å². The third-order valence-corrected chi connectivity index (χ3v) is 2.86. The Labute approximate surface area is 115 Å². The highest BCUT2D eigenvalue weighted by molar-refractivity contribution is 9.10. The Balaban J connectivity index is 2.91. The maximum atomic E-state index is 11.6.